The predicted molar refractivity (Wildman–Crippen MR) is 82.4 cm³/mol. The number of aryl methyl sites for hydroxylation is 1. The molecule has 5 heteroatoms. The highest BCUT2D eigenvalue weighted by atomic mass is 15.3. The molecule has 0 aromatic carbocycles. The minimum Gasteiger partial charge on any atom is -0.373 e. The second kappa shape index (κ2) is 5.95. The lowest BCUT2D eigenvalue weighted by molar-refractivity contribution is 0.247. The maximum absolute atomic E-state index is 4.74. The van der Waals surface area contributed by atoms with Crippen LogP contribution in [-0.4, -0.2) is 54.1 Å². The van der Waals surface area contributed by atoms with Crippen LogP contribution in [0.15, 0.2) is 6.07 Å². The molecule has 0 bridgehead atoms. The average Bonchev–Trinajstić information content (AvgIpc) is 3.32. The Morgan fingerprint density at radius 1 is 1.20 bits per heavy atom. The highest BCUT2D eigenvalue weighted by Crippen LogP contribution is 2.28. The molecule has 1 aliphatic carbocycles. The van der Waals surface area contributed by atoms with Gasteiger partial charge in [-0.1, -0.05) is 6.92 Å². The van der Waals surface area contributed by atoms with E-state index in [9.17, 15) is 0 Å². The highest BCUT2D eigenvalue weighted by molar-refractivity contribution is 5.49. The van der Waals surface area contributed by atoms with Gasteiger partial charge in [0.1, 0.15) is 17.5 Å². The maximum Gasteiger partial charge on any atom is 0.134 e. The van der Waals surface area contributed by atoms with Crippen LogP contribution in [0.4, 0.5) is 11.6 Å². The summed E-state index contributed by atoms with van der Waals surface area (Å²) in [6, 6.07) is 2.96. The fraction of sp³-hybridized carbons (Fsp3) is 0.733. The van der Waals surface area contributed by atoms with Crippen LogP contribution in [0.2, 0.25) is 0 Å². The van der Waals surface area contributed by atoms with E-state index in [0.717, 1.165) is 49.4 Å². The quantitative estimate of drug-likeness (QED) is 0.887. The molecule has 2 fully saturated rings. The predicted octanol–water partition coefficient (Wildman–Crippen LogP) is 1.76. The van der Waals surface area contributed by atoms with Gasteiger partial charge in [-0.2, -0.15) is 0 Å². The summed E-state index contributed by atoms with van der Waals surface area (Å²) in [5, 5.41) is 3.15. The van der Waals surface area contributed by atoms with Crippen LogP contribution >= 0.6 is 0 Å². The van der Waals surface area contributed by atoms with Gasteiger partial charge in [-0.15, -0.1) is 0 Å². The summed E-state index contributed by atoms with van der Waals surface area (Å²) in [5.41, 5.74) is 0. The van der Waals surface area contributed by atoms with Crippen molar-refractivity contribution in [3.63, 3.8) is 0 Å². The van der Waals surface area contributed by atoms with E-state index in [1.165, 1.54) is 25.9 Å². The molecule has 1 aromatic rings. The van der Waals surface area contributed by atoms with E-state index in [0.29, 0.717) is 0 Å². The van der Waals surface area contributed by atoms with Crippen LogP contribution in [0.25, 0.3) is 0 Å². The Balaban J connectivity index is 1.70. The molecule has 0 spiro atoms. The molecule has 5 nitrogen and oxygen atoms in total. The van der Waals surface area contributed by atoms with Crippen molar-refractivity contribution in [1.29, 1.82) is 0 Å². The lowest BCUT2D eigenvalue weighted by Gasteiger charge is -2.35. The Labute approximate surface area is 121 Å². The monoisotopic (exact) mass is 275 g/mol. The van der Waals surface area contributed by atoms with Crippen molar-refractivity contribution in [2.24, 2.45) is 0 Å². The Kier molecular flexibility index (Phi) is 4.05. The topological polar surface area (TPSA) is 44.3 Å². The third-order valence-electron chi connectivity index (χ3n) is 4.19. The van der Waals surface area contributed by atoms with Gasteiger partial charge >= 0.3 is 0 Å². The lowest BCUT2D eigenvalue weighted by Crippen LogP contribution is -2.47. The second-order valence-corrected chi connectivity index (χ2v) is 5.78. The van der Waals surface area contributed by atoms with E-state index in [1.54, 1.807) is 0 Å². The number of aromatic nitrogens is 2. The molecule has 2 aliphatic rings. The Morgan fingerprint density at radius 2 is 1.95 bits per heavy atom. The molecule has 2 heterocycles. The first kappa shape index (κ1) is 13.6. The van der Waals surface area contributed by atoms with E-state index >= 15 is 0 Å². The summed E-state index contributed by atoms with van der Waals surface area (Å²) >= 11 is 0. The molecule has 1 aliphatic heterocycles. The molecule has 3 rings (SSSR count). The molecular weight excluding hydrogens is 250 g/mol. The molecule has 0 atom stereocenters. The molecule has 0 amide bonds. The van der Waals surface area contributed by atoms with Crippen LogP contribution in [0.3, 0.4) is 0 Å². The second-order valence-electron chi connectivity index (χ2n) is 5.78. The lowest BCUT2D eigenvalue weighted by atomic mass is 10.3. The smallest absolute Gasteiger partial charge is 0.134 e. The summed E-state index contributed by atoms with van der Waals surface area (Å²) in [7, 11) is 1.92. The zero-order valence-electron chi connectivity index (χ0n) is 12.6. The number of nitrogens with zero attached hydrogens (tertiary/aromatic N) is 4. The number of hydrogen-bond donors (Lipinski definition) is 1. The molecule has 0 unspecified atom stereocenters. The van der Waals surface area contributed by atoms with Crippen molar-refractivity contribution in [3.05, 3.63) is 11.9 Å². The van der Waals surface area contributed by atoms with Gasteiger partial charge in [0.2, 0.25) is 0 Å². The van der Waals surface area contributed by atoms with Crippen molar-refractivity contribution in [3.8, 4) is 0 Å². The van der Waals surface area contributed by atoms with Gasteiger partial charge in [0.25, 0.3) is 0 Å². The minimum absolute atomic E-state index is 0.881. The molecule has 110 valence electrons. The fourth-order valence-corrected chi connectivity index (χ4v) is 2.86. The normalized spacial score (nSPS) is 20.2. The third-order valence-corrected chi connectivity index (χ3v) is 4.19. The zero-order valence-corrected chi connectivity index (χ0v) is 12.6. The van der Waals surface area contributed by atoms with Crippen molar-refractivity contribution in [2.75, 3.05) is 43.4 Å². The SMILES string of the molecule is CCCc1nc(NC)cc(N2CCN(C3CC3)CC2)n1. The number of rotatable bonds is 5. The summed E-state index contributed by atoms with van der Waals surface area (Å²) in [6.45, 7) is 6.69. The Hall–Kier alpha value is -1.36. The molecule has 1 saturated carbocycles. The van der Waals surface area contributed by atoms with Crippen molar-refractivity contribution >= 4 is 11.6 Å². The van der Waals surface area contributed by atoms with Gasteiger partial charge in [-0.05, 0) is 19.3 Å². The van der Waals surface area contributed by atoms with E-state index in [-0.39, 0.29) is 0 Å². The number of anilines is 2. The third kappa shape index (κ3) is 3.03. The molecule has 20 heavy (non-hydrogen) atoms. The minimum atomic E-state index is 0.881. The van der Waals surface area contributed by atoms with E-state index < -0.39 is 0 Å². The van der Waals surface area contributed by atoms with E-state index in [2.05, 4.69) is 33.1 Å². The van der Waals surface area contributed by atoms with Crippen LogP contribution in [-0.2, 0) is 6.42 Å². The van der Waals surface area contributed by atoms with Crippen LogP contribution in [0, 0.1) is 0 Å². The standard InChI is InChI=1S/C15H25N5/c1-3-4-13-17-14(16-2)11-15(18-13)20-9-7-19(8-10-20)12-5-6-12/h11-12H,3-10H2,1-2H3,(H,16,17,18). The highest BCUT2D eigenvalue weighted by Gasteiger charge is 2.31. The van der Waals surface area contributed by atoms with Gasteiger partial charge in [0, 0.05) is 51.8 Å². The van der Waals surface area contributed by atoms with Crippen molar-refractivity contribution in [1.82, 2.24) is 14.9 Å². The molecule has 1 N–H and O–H groups in total. The number of piperazine rings is 1. The van der Waals surface area contributed by atoms with Gasteiger partial charge in [0.05, 0.1) is 0 Å². The molecular formula is C15H25N5. The largest absolute Gasteiger partial charge is 0.373 e. The summed E-state index contributed by atoms with van der Waals surface area (Å²) in [5.74, 6) is 2.98. The molecule has 0 radical (unpaired) electrons. The first-order chi connectivity index (χ1) is 9.80. The first-order valence-corrected chi connectivity index (χ1v) is 7.85. The van der Waals surface area contributed by atoms with Crippen LogP contribution < -0.4 is 10.2 Å². The Morgan fingerprint density at radius 3 is 2.55 bits per heavy atom. The van der Waals surface area contributed by atoms with Gasteiger partial charge in [-0.25, -0.2) is 9.97 Å². The van der Waals surface area contributed by atoms with Crippen molar-refractivity contribution in [2.45, 2.75) is 38.6 Å². The number of hydrogen-bond acceptors (Lipinski definition) is 5. The average molecular weight is 275 g/mol. The Bertz CT molecular complexity index is 450. The van der Waals surface area contributed by atoms with Crippen molar-refractivity contribution < 1.29 is 0 Å². The van der Waals surface area contributed by atoms with E-state index in [1.807, 2.05) is 7.05 Å². The van der Waals surface area contributed by atoms with Gasteiger partial charge < -0.3 is 10.2 Å². The molecule has 1 saturated heterocycles. The maximum atomic E-state index is 4.74. The van der Waals surface area contributed by atoms with E-state index in [4.69, 9.17) is 4.98 Å². The van der Waals surface area contributed by atoms with Crippen LogP contribution in [0.1, 0.15) is 32.0 Å². The first-order valence-electron chi connectivity index (χ1n) is 7.85. The van der Waals surface area contributed by atoms with Gasteiger partial charge in [0.15, 0.2) is 0 Å². The van der Waals surface area contributed by atoms with Crippen LogP contribution in [0.5, 0.6) is 0 Å². The number of nitrogens with one attached hydrogen (secondary N) is 1. The molecule has 1 aromatic heterocycles. The summed E-state index contributed by atoms with van der Waals surface area (Å²) < 4.78 is 0. The summed E-state index contributed by atoms with van der Waals surface area (Å²) in [4.78, 5) is 14.3. The zero-order chi connectivity index (χ0) is 13.9. The van der Waals surface area contributed by atoms with Gasteiger partial charge in [-0.3, -0.25) is 4.90 Å². The fourth-order valence-electron chi connectivity index (χ4n) is 2.86. The summed E-state index contributed by atoms with van der Waals surface area (Å²) in [6.07, 6.45) is 4.84.